The molecule has 2 rings (SSSR count). The molecule has 1 heterocycles. The van der Waals surface area contributed by atoms with Crippen LogP contribution in [0.4, 0.5) is 0 Å². The summed E-state index contributed by atoms with van der Waals surface area (Å²) in [4.78, 5) is 15.3. The Morgan fingerprint density at radius 3 is 2.94 bits per heavy atom. The lowest BCUT2D eigenvalue weighted by Crippen LogP contribution is -2.20. The number of nitrogens with one attached hydrogen (secondary N) is 1. The second-order valence-corrected chi connectivity index (χ2v) is 4.32. The SMILES string of the molecule is O=C(NO)c1ncc(Br)c2cccc(Cl)c12. The second kappa shape index (κ2) is 4.37. The maximum atomic E-state index is 11.4. The molecule has 0 aliphatic carbocycles. The predicted molar refractivity (Wildman–Crippen MR) is 63.7 cm³/mol. The lowest BCUT2D eigenvalue weighted by atomic mass is 10.1. The van der Waals surface area contributed by atoms with E-state index in [4.69, 9.17) is 16.8 Å². The maximum absolute atomic E-state index is 11.4. The quantitative estimate of drug-likeness (QED) is 0.629. The number of hydrogen-bond donors (Lipinski definition) is 2. The number of halogens is 2. The molecule has 0 aliphatic rings. The second-order valence-electron chi connectivity index (χ2n) is 3.06. The van der Waals surface area contributed by atoms with Gasteiger partial charge in [-0.1, -0.05) is 23.7 Å². The van der Waals surface area contributed by atoms with Crippen molar-refractivity contribution in [1.82, 2.24) is 10.5 Å². The van der Waals surface area contributed by atoms with Crippen molar-refractivity contribution in [3.8, 4) is 0 Å². The van der Waals surface area contributed by atoms with Crippen molar-refractivity contribution < 1.29 is 10.0 Å². The van der Waals surface area contributed by atoms with Gasteiger partial charge >= 0.3 is 0 Å². The minimum Gasteiger partial charge on any atom is -0.288 e. The van der Waals surface area contributed by atoms with Crippen LogP contribution >= 0.6 is 27.5 Å². The molecule has 0 aliphatic heterocycles. The predicted octanol–water partition coefficient (Wildman–Crippen LogP) is 2.77. The summed E-state index contributed by atoms with van der Waals surface area (Å²) < 4.78 is 0.736. The van der Waals surface area contributed by atoms with Crippen molar-refractivity contribution in [2.45, 2.75) is 0 Å². The van der Waals surface area contributed by atoms with E-state index >= 15 is 0 Å². The van der Waals surface area contributed by atoms with Crippen molar-refractivity contribution in [2.75, 3.05) is 0 Å². The normalized spacial score (nSPS) is 10.4. The van der Waals surface area contributed by atoms with Crippen LogP contribution in [0, 0.1) is 0 Å². The first-order valence-corrected chi connectivity index (χ1v) is 5.49. The fraction of sp³-hybridized carbons (Fsp3) is 0. The fourth-order valence-corrected chi connectivity index (χ4v) is 2.14. The maximum Gasteiger partial charge on any atom is 0.293 e. The van der Waals surface area contributed by atoms with Gasteiger partial charge in [-0.15, -0.1) is 0 Å². The molecule has 2 aromatic rings. The van der Waals surface area contributed by atoms with Crippen LogP contribution in [0.1, 0.15) is 10.5 Å². The van der Waals surface area contributed by atoms with Crippen LogP contribution in [0.5, 0.6) is 0 Å². The molecular formula is C10H6BrClN2O2. The van der Waals surface area contributed by atoms with E-state index in [1.165, 1.54) is 6.20 Å². The molecule has 6 heteroatoms. The molecule has 0 fully saturated rings. The zero-order valence-electron chi connectivity index (χ0n) is 7.87. The number of benzene rings is 1. The van der Waals surface area contributed by atoms with Gasteiger partial charge in [0.1, 0.15) is 5.69 Å². The van der Waals surface area contributed by atoms with Gasteiger partial charge in [0.15, 0.2) is 0 Å². The van der Waals surface area contributed by atoms with E-state index in [0.717, 1.165) is 9.86 Å². The Hall–Kier alpha value is -1.17. The summed E-state index contributed by atoms with van der Waals surface area (Å²) >= 11 is 9.33. The number of carbonyl (C=O) groups excluding carboxylic acids is 1. The van der Waals surface area contributed by atoms with Gasteiger partial charge in [-0.2, -0.15) is 0 Å². The Morgan fingerprint density at radius 1 is 1.50 bits per heavy atom. The monoisotopic (exact) mass is 300 g/mol. The van der Waals surface area contributed by atoms with Crippen LogP contribution < -0.4 is 5.48 Å². The van der Waals surface area contributed by atoms with Crippen molar-refractivity contribution in [2.24, 2.45) is 0 Å². The molecule has 0 atom stereocenters. The van der Waals surface area contributed by atoms with Gasteiger partial charge in [-0.3, -0.25) is 10.0 Å². The Kier molecular flexibility index (Phi) is 3.09. The highest BCUT2D eigenvalue weighted by atomic mass is 79.9. The van der Waals surface area contributed by atoms with Crippen molar-refractivity contribution in [1.29, 1.82) is 0 Å². The van der Waals surface area contributed by atoms with Crippen molar-refractivity contribution in [3.05, 3.63) is 39.6 Å². The van der Waals surface area contributed by atoms with Gasteiger partial charge in [0.2, 0.25) is 0 Å². The topological polar surface area (TPSA) is 62.2 Å². The number of fused-ring (bicyclic) bond motifs is 1. The van der Waals surface area contributed by atoms with Gasteiger partial charge in [0.25, 0.3) is 5.91 Å². The van der Waals surface area contributed by atoms with Crippen LogP contribution in [0.15, 0.2) is 28.9 Å². The molecule has 0 radical (unpaired) electrons. The van der Waals surface area contributed by atoms with E-state index in [-0.39, 0.29) is 5.69 Å². The Bertz CT molecular complexity index is 574. The van der Waals surface area contributed by atoms with Gasteiger partial charge in [0, 0.05) is 21.4 Å². The first kappa shape index (κ1) is 11.3. The van der Waals surface area contributed by atoms with Crippen molar-refractivity contribution >= 4 is 44.2 Å². The standard InChI is InChI=1S/C10H6BrClN2O2/c11-6-4-13-9(10(15)14-16)8-5(6)2-1-3-7(8)12/h1-4,16H,(H,14,15). The summed E-state index contributed by atoms with van der Waals surface area (Å²) in [6.45, 7) is 0. The smallest absolute Gasteiger partial charge is 0.288 e. The highest BCUT2D eigenvalue weighted by Crippen LogP contribution is 2.30. The Balaban J connectivity index is 2.86. The molecule has 16 heavy (non-hydrogen) atoms. The molecule has 0 bridgehead atoms. The zero-order valence-corrected chi connectivity index (χ0v) is 10.2. The minimum atomic E-state index is -0.689. The lowest BCUT2D eigenvalue weighted by Gasteiger charge is -2.07. The first-order chi connectivity index (χ1) is 7.65. The average Bonchev–Trinajstić information content (AvgIpc) is 2.30. The third-order valence-electron chi connectivity index (χ3n) is 2.13. The number of carbonyl (C=O) groups is 1. The molecule has 1 aromatic heterocycles. The summed E-state index contributed by atoms with van der Waals surface area (Å²) in [5.41, 5.74) is 1.63. The lowest BCUT2D eigenvalue weighted by molar-refractivity contribution is 0.0703. The molecule has 0 unspecified atom stereocenters. The molecule has 0 saturated carbocycles. The van der Waals surface area contributed by atoms with Crippen LogP contribution in [0.3, 0.4) is 0 Å². The number of rotatable bonds is 1. The van der Waals surface area contributed by atoms with E-state index in [2.05, 4.69) is 20.9 Å². The summed E-state index contributed by atoms with van der Waals surface area (Å²) in [6.07, 6.45) is 1.49. The molecule has 4 nitrogen and oxygen atoms in total. The number of hydrogen-bond acceptors (Lipinski definition) is 3. The van der Waals surface area contributed by atoms with E-state index in [0.29, 0.717) is 10.4 Å². The summed E-state index contributed by atoms with van der Waals surface area (Å²) in [5, 5.41) is 10.3. The van der Waals surface area contributed by atoms with Crippen LogP contribution in [0.25, 0.3) is 10.8 Å². The molecule has 1 amide bonds. The fourth-order valence-electron chi connectivity index (χ4n) is 1.44. The summed E-state index contributed by atoms with van der Waals surface area (Å²) in [6, 6.07) is 5.24. The zero-order chi connectivity index (χ0) is 11.7. The van der Waals surface area contributed by atoms with Gasteiger partial charge < -0.3 is 0 Å². The Morgan fingerprint density at radius 2 is 2.25 bits per heavy atom. The van der Waals surface area contributed by atoms with E-state index < -0.39 is 5.91 Å². The molecule has 1 aromatic carbocycles. The molecular weight excluding hydrogens is 295 g/mol. The van der Waals surface area contributed by atoms with Gasteiger partial charge in [-0.05, 0) is 22.0 Å². The number of nitrogens with zero attached hydrogens (tertiary/aromatic N) is 1. The number of amides is 1. The summed E-state index contributed by atoms with van der Waals surface area (Å²) in [5.74, 6) is -0.689. The van der Waals surface area contributed by atoms with Crippen LogP contribution in [0.2, 0.25) is 5.02 Å². The van der Waals surface area contributed by atoms with Crippen LogP contribution in [-0.2, 0) is 0 Å². The number of aromatic nitrogens is 1. The number of hydroxylamine groups is 1. The van der Waals surface area contributed by atoms with Crippen molar-refractivity contribution in [3.63, 3.8) is 0 Å². The largest absolute Gasteiger partial charge is 0.293 e. The molecule has 82 valence electrons. The highest BCUT2D eigenvalue weighted by molar-refractivity contribution is 9.10. The molecule has 2 N–H and O–H groups in total. The van der Waals surface area contributed by atoms with E-state index in [9.17, 15) is 4.79 Å². The van der Waals surface area contributed by atoms with E-state index in [1.807, 2.05) is 0 Å². The van der Waals surface area contributed by atoms with Crippen LogP contribution in [-0.4, -0.2) is 16.1 Å². The number of pyridine rings is 1. The average molecular weight is 302 g/mol. The van der Waals surface area contributed by atoms with Gasteiger partial charge in [0.05, 0.1) is 5.02 Å². The molecule has 0 spiro atoms. The summed E-state index contributed by atoms with van der Waals surface area (Å²) in [7, 11) is 0. The third-order valence-corrected chi connectivity index (χ3v) is 3.08. The highest BCUT2D eigenvalue weighted by Gasteiger charge is 2.15. The first-order valence-electron chi connectivity index (χ1n) is 4.32. The molecule has 0 saturated heterocycles. The Labute approximate surface area is 104 Å². The van der Waals surface area contributed by atoms with E-state index in [1.54, 1.807) is 23.7 Å². The van der Waals surface area contributed by atoms with Gasteiger partial charge in [-0.25, -0.2) is 10.5 Å². The third kappa shape index (κ3) is 1.77. The minimum absolute atomic E-state index is 0.0892.